The summed E-state index contributed by atoms with van der Waals surface area (Å²) in [6.07, 6.45) is 3.76. The summed E-state index contributed by atoms with van der Waals surface area (Å²) in [5.74, 6) is 0.967. The van der Waals surface area contributed by atoms with E-state index in [-0.39, 0.29) is 0 Å². The molecule has 0 saturated carbocycles. The molecule has 0 spiro atoms. The number of nitrogens with one attached hydrogen (secondary N) is 1. The van der Waals surface area contributed by atoms with E-state index in [1.54, 1.807) is 0 Å². The van der Waals surface area contributed by atoms with Crippen LogP contribution in [0.5, 0.6) is 5.75 Å². The van der Waals surface area contributed by atoms with Crippen molar-refractivity contribution in [1.82, 2.24) is 10.2 Å². The van der Waals surface area contributed by atoms with Gasteiger partial charge in [0.15, 0.2) is 0 Å². The minimum absolute atomic E-state index is 0.699. The average molecular weight is 262 g/mol. The second kappa shape index (κ2) is 7.51. The first-order valence-electron chi connectivity index (χ1n) is 7.41. The van der Waals surface area contributed by atoms with Crippen LogP contribution in [0.3, 0.4) is 0 Å². The van der Waals surface area contributed by atoms with Crippen LogP contribution in [0.1, 0.15) is 25.3 Å². The predicted octanol–water partition coefficient (Wildman–Crippen LogP) is 2.31. The predicted molar refractivity (Wildman–Crippen MR) is 79.8 cm³/mol. The molecule has 1 heterocycles. The Morgan fingerprint density at radius 2 is 2.11 bits per heavy atom. The third kappa shape index (κ3) is 4.84. The molecule has 1 aromatic carbocycles. The van der Waals surface area contributed by atoms with Gasteiger partial charge >= 0.3 is 0 Å². The van der Waals surface area contributed by atoms with Crippen molar-refractivity contribution in [3.63, 3.8) is 0 Å². The molecule has 0 amide bonds. The molecule has 0 radical (unpaired) electrons. The normalized spacial score (nSPS) is 19.0. The summed E-state index contributed by atoms with van der Waals surface area (Å²) in [7, 11) is 2.22. The number of rotatable bonds is 7. The molecule has 2 rings (SSSR count). The first-order chi connectivity index (χ1) is 9.28. The van der Waals surface area contributed by atoms with Crippen molar-refractivity contribution in [2.45, 2.75) is 32.2 Å². The average Bonchev–Trinajstić information content (AvgIpc) is 2.91. The van der Waals surface area contributed by atoms with Crippen molar-refractivity contribution in [1.29, 1.82) is 0 Å². The highest BCUT2D eigenvalue weighted by Gasteiger charge is 2.15. The Hall–Kier alpha value is -1.06. The highest BCUT2D eigenvalue weighted by molar-refractivity contribution is 5.27. The van der Waals surface area contributed by atoms with Crippen LogP contribution in [0.2, 0.25) is 0 Å². The first-order valence-corrected chi connectivity index (χ1v) is 7.41. The highest BCUT2D eigenvalue weighted by atomic mass is 16.5. The van der Waals surface area contributed by atoms with Crippen LogP contribution in [0.15, 0.2) is 24.3 Å². The molecular formula is C16H26N2O. The van der Waals surface area contributed by atoms with Crippen molar-refractivity contribution in [3.8, 4) is 5.75 Å². The van der Waals surface area contributed by atoms with Gasteiger partial charge in [-0.15, -0.1) is 0 Å². The Labute approximate surface area is 116 Å². The van der Waals surface area contributed by atoms with E-state index in [1.807, 2.05) is 6.92 Å². The number of nitrogens with zero attached hydrogens (tertiary/aromatic N) is 1. The smallest absolute Gasteiger partial charge is 0.119 e. The van der Waals surface area contributed by atoms with Crippen molar-refractivity contribution in [3.05, 3.63) is 29.8 Å². The van der Waals surface area contributed by atoms with Gasteiger partial charge in [0, 0.05) is 19.1 Å². The van der Waals surface area contributed by atoms with Gasteiger partial charge in [0.2, 0.25) is 0 Å². The lowest BCUT2D eigenvalue weighted by molar-refractivity contribution is 0.303. The van der Waals surface area contributed by atoms with E-state index in [4.69, 9.17) is 4.74 Å². The Balaban J connectivity index is 1.71. The van der Waals surface area contributed by atoms with Gasteiger partial charge in [-0.2, -0.15) is 0 Å². The summed E-state index contributed by atoms with van der Waals surface area (Å²) >= 11 is 0. The number of hydrogen-bond acceptors (Lipinski definition) is 3. The Kier molecular flexibility index (Phi) is 5.67. The topological polar surface area (TPSA) is 24.5 Å². The third-order valence-corrected chi connectivity index (χ3v) is 3.71. The quantitative estimate of drug-likeness (QED) is 0.816. The molecule has 1 atom stereocenters. The van der Waals surface area contributed by atoms with Gasteiger partial charge < -0.3 is 15.0 Å². The summed E-state index contributed by atoms with van der Waals surface area (Å²) in [4.78, 5) is 2.43. The lowest BCUT2D eigenvalue weighted by Gasteiger charge is -2.21. The Bertz CT molecular complexity index is 358. The Morgan fingerprint density at radius 3 is 2.74 bits per heavy atom. The van der Waals surface area contributed by atoms with Gasteiger partial charge in [-0.05, 0) is 57.5 Å². The minimum Gasteiger partial charge on any atom is -0.494 e. The molecule has 3 nitrogen and oxygen atoms in total. The van der Waals surface area contributed by atoms with E-state index >= 15 is 0 Å². The van der Waals surface area contributed by atoms with Gasteiger partial charge in [0.1, 0.15) is 5.75 Å². The SMILES string of the molecule is CCOc1ccc(CCN(C)CC2CCCN2)cc1. The lowest BCUT2D eigenvalue weighted by atomic mass is 10.1. The van der Waals surface area contributed by atoms with E-state index in [1.165, 1.54) is 24.9 Å². The zero-order chi connectivity index (χ0) is 13.5. The van der Waals surface area contributed by atoms with E-state index in [2.05, 4.69) is 41.5 Å². The second-order valence-electron chi connectivity index (χ2n) is 5.38. The first kappa shape index (κ1) is 14.4. The van der Waals surface area contributed by atoms with Gasteiger partial charge in [0.05, 0.1) is 6.61 Å². The molecule has 0 aliphatic carbocycles. The van der Waals surface area contributed by atoms with E-state index in [0.29, 0.717) is 6.04 Å². The second-order valence-corrected chi connectivity index (χ2v) is 5.38. The molecule has 106 valence electrons. The van der Waals surface area contributed by atoms with E-state index in [0.717, 1.165) is 31.9 Å². The monoisotopic (exact) mass is 262 g/mol. The summed E-state index contributed by atoms with van der Waals surface area (Å²) < 4.78 is 5.46. The third-order valence-electron chi connectivity index (χ3n) is 3.71. The van der Waals surface area contributed by atoms with E-state index < -0.39 is 0 Å². The Morgan fingerprint density at radius 1 is 1.32 bits per heavy atom. The fourth-order valence-electron chi connectivity index (χ4n) is 2.62. The van der Waals surface area contributed by atoms with Gasteiger partial charge in [-0.25, -0.2) is 0 Å². The van der Waals surface area contributed by atoms with Crippen LogP contribution in [0.25, 0.3) is 0 Å². The fraction of sp³-hybridized carbons (Fsp3) is 0.625. The maximum Gasteiger partial charge on any atom is 0.119 e. The summed E-state index contributed by atoms with van der Waals surface area (Å²) in [6, 6.07) is 9.18. The van der Waals surface area contributed by atoms with Crippen molar-refractivity contribution < 1.29 is 4.74 Å². The molecule has 1 fully saturated rings. The summed E-state index contributed by atoms with van der Waals surface area (Å²) in [5, 5.41) is 3.55. The summed E-state index contributed by atoms with van der Waals surface area (Å²) in [5.41, 5.74) is 1.38. The van der Waals surface area contributed by atoms with Gasteiger partial charge in [-0.1, -0.05) is 12.1 Å². The van der Waals surface area contributed by atoms with Crippen molar-refractivity contribution >= 4 is 0 Å². The minimum atomic E-state index is 0.699. The zero-order valence-corrected chi connectivity index (χ0v) is 12.2. The van der Waals surface area contributed by atoms with Crippen LogP contribution in [-0.2, 0) is 6.42 Å². The molecule has 1 N–H and O–H groups in total. The number of benzene rings is 1. The molecule has 1 unspecified atom stereocenters. The maximum atomic E-state index is 5.46. The standard InChI is InChI=1S/C16H26N2O/c1-3-19-16-8-6-14(7-9-16)10-12-18(2)13-15-5-4-11-17-15/h6-9,15,17H,3-5,10-13H2,1-2H3. The molecule has 1 saturated heterocycles. The van der Waals surface area contributed by atoms with Crippen LogP contribution in [-0.4, -0.2) is 44.2 Å². The van der Waals surface area contributed by atoms with Crippen molar-refractivity contribution in [2.75, 3.05) is 33.3 Å². The molecule has 19 heavy (non-hydrogen) atoms. The van der Waals surface area contributed by atoms with Gasteiger partial charge in [0.25, 0.3) is 0 Å². The summed E-state index contributed by atoms with van der Waals surface area (Å²) in [6.45, 7) is 6.22. The zero-order valence-electron chi connectivity index (χ0n) is 12.2. The maximum absolute atomic E-state index is 5.46. The number of ether oxygens (including phenoxy) is 1. The molecule has 1 aliphatic heterocycles. The highest BCUT2D eigenvalue weighted by Crippen LogP contribution is 2.13. The van der Waals surface area contributed by atoms with Crippen LogP contribution >= 0.6 is 0 Å². The lowest BCUT2D eigenvalue weighted by Crippen LogP contribution is -2.36. The number of hydrogen-bond donors (Lipinski definition) is 1. The fourth-order valence-corrected chi connectivity index (χ4v) is 2.62. The molecule has 0 bridgehead atoms. The number of likely N-dealkylation sites (N-methyl/N-ethyl adjacent to an activating group) is 1. The van der Waals surface area contributed by atoms with Crippen LogP contribution in [0.4, 0.5) is 0 Å². The molecule has 1 aromatic rings. The van der Waals surface area contributed by atoms with Gasteiger partial charge in [-0.3, -0.25) is 0 Å². The van der Waals surface area contributed by atoms with E-state index in [9.17, 15) is 0 Å². The molecule has 1 aliphatic rings. The van der Waals surface area contributed by atoms with Crippen LogP contribution < -0.4 is 10.1 Å². The molecule has 3 heteroatoms. The van der Waals surface area contributed by atoms with Crippen molar-refractivity contribution in [2.24, 2.45) is 0 Å². The molecular weight excluding hydrogens is 236 g/mol. The largest absolute Gasteiger partial charge is 0.494 e. The molecule has 0 aromatic heterocycles. The van der Waals surface area contributed by atoms with Crippen LogP contribution in [0, 0.1) is 0 Å².